The van der Waals surface area contributed by atoms with E-state index in [9.17, 15) is 14.4 Å². The van der Waals surface area contributed by atoms with Gasteiger partial charge < -0.3 is 19.9 Å². The first-order chi connectivity index (χ1) is 12.5. The van der Waals surface area contributed by atoms with Gasteiger partial charge in [0.05, 0.1) is 13.2 Å². The number of aromatic amines is 1. The summed E-state index contributed by atoms with van der Waals surface area (Å²) in [6.07, 6.45) is 2.17. The van der Waals surface area contributed by atoms with E-state index in [1.165, 1.54) is 0 Å². The Morgan fingerprint density at radius 3 is 2.37 bits per heavy atom. The van der Waals surface area contributed by atoms with Crippen molar-refractivity contribution in [1.82, 2.24) is 15.2 Å². The summed E-state index contributed by atoms with van der Waals surface area (Å²) in [6.45, 7) is 11.8. The van der Waals surface area contributed by atoms with Crippen molar-refractivity contribution in [3.05, 3.63) is 22.5 Å². The van der Waals surface area contributed by atoms with Crippen LogP contribution < -0.4 is 5.32 Å². The Kier molecular flexibility index (Phi) is 6.34. The summed E-state index contributed by atoms with van der Waals surface area (Å²) in [5, 5.41) is 2.93. The van der Waals surface area contributed by atoms with Gasteiger partial charge in [-0.15, -0.1) is 0 Å². The van der Waals surface area contributed by atoms with Crippen molar-refractivity contribution in [2.75, 3.05) is 19.7 Å². The number of ether oxygens (including phenoxy) is 1. The van der Waals surface area contributed by atoms with Crippen molar-refractivity contribution in [2.45, 2.75) is 59.9 Å². The number of aromatic nitrogens is 1. The Hall–Kier alpha value is -2.31. The zero-order valence-corrected chi connectivity index (χ0v) is 17.2. The van der Waals surface area contributed by atoms with Crippen LogP contribution in [0.15, 0.2) is 0 Å². The molecule has 0 spiro atoms. The highest BCUT2D eigenvalue weighted by molar-refractivity contribution is 6.04. The number of rotatable bonds is 7. The number of Topliss-reactive ketones (excluding diaryl/α,β-unsaturated/α-hetero) is 1. The molecule has 0 bridgehead atoms. The average Bonchev–Trinajstić information content (AvgIpc) is 3.29. The molecule has 2 N–H and O–H groups in total. The standard InChI is InChI=1S/C20H31N3O4/c1-7-27-18(25)17-12(2)16(13(3)21-17)15(24)11-23(10-14-8-9-14)19(26)22-20(4,5)6/h14,21H,7-11H2,1-6H3,(H,22,26). The Labute approximate surface area is 160 Å². The molecule has 1 heterocycles. The van der Waals surface area contributed by atoms with Gasteiger partial charge in [-0.25, -0.2) is 9.59 Å². The molecule has 1 fully saturated rings. The first kappa shape index (κ1) is 21.0. The lowest BCUT2D eigenvalue weighted by Crippen LogP contribution is -2.50. The Bertz CT molecular complexity index is 726. The van der Waals surface area contributed by atoms with Crippen LogP contribution in [0.1, 0.15) is 72.6 Å². The van der Waals surface area contributed by atoms with Crippen LogP contribution in [0.3, 0.4) is 0 Å². The normalized spacial score (nSPS) is 14.0. The minimum Gasteiger partial charge on any atom is -0.461 e. The lowest BCUT2D eigenvalue weighted by Gasteiger charge is -2.28. The highest BCUT2D eigenvalue weighted by Crippen LogP contribution is 2.30. The highest BCUT2D eigenvalue weighted by Gasteiger charge is 2.31. The molecule has 150 valence electrons. The third-order valence-corrected chi connectivity index (χ3v) is 4.48. The molecule has 0 atom stereocenters. The number of H-pyrrole nitrogens is 1. The van der Waals surface area contributed by atoms with Crippen molar-refractivity contribution in [1.29, 1.82) is 0 Å². The molecule has 0 aromatic carbocycles. The van der Waals surface area contributed by atoms with Crippen molar-refractivity contribution in [3.63, 3.8) is 0 Å². The molecule has 7 heteroatoms. The monoisotopic (exact) mass is 377 g/mol. The second-order valence-electron chi connectivity index (χ2n) is 8.27. The van der Waals surface area contributed by atoms with Crippen molar-refractivity contribution >= 4 is 17.8 Å². The number of esters is 1. The minimum atomic E-state index is -0.475. The molecule has 7 nitrogen and oxygen atoms in total. The summed E-state index contributed by atoms with van der Waals surface area (Å²) < 4.78 is 5.04. The van der Waals surface area contributed by atoms with Crippen molar-refractivity contribution in [2.24, 2.45) is 5.92 Å². The summed E-state index contributed by atoms with van der Waals surface area (Å²) in [6, 6.07) is -0.237. The predicted molar refractivity (Wildman–Crippen MR) is 103 cm³/mol. The topological polar surface area (TPSA) is 91.5 Å². The van der Waals surface area contributed by atoms with Gasteiger partial charge in [0.1, 0.15) is 5.69 Å². The third-order valence-electron chi connectivity index (χ3n) is 4.48. The van der Waals surface area contributed by atoms with Gasteiger partial charge in [0.25, 0.3) is 0 Å². The van der Waals surface area contributed by atoms with E-state index in [0.29, 0.717) is 35.0 Å². The fourth-order valence-corrected chi connectivity index (χ4v) is 3.06. The number of carbonyl (C=O) groups excluding carboxylic acids is 3. The molecular formula is C20H31N3O4. The summed E-state index contributed by atoms with van der Waals surface area (Å²) in [5.74, 6) is -0.189. The highest BCUT2D eigenvalue weighted by atomic mass is 16.5. The zero-order valence-electron chi connectivity index (χ0n) is 17.2. The minimum absolute atomic E-state index is 0.0137. The number of urea groups is 1. The van der Waals surface area contributed by atoms with Crippen LogP contribution in [0.4, 0.5) is 4.79 Å². The van der Waals surface area contributed by atoms with Crippen molar-refractivity contribution in [3.8, 4) is 0 Å². The first-order valence-electron chi connectivity index (χ1n) is 9.50. The number of aryl methyl sites for hydroxylation is 1. The molecule has 1 aliphatic rings. The number of ketones is 1. The molecule has 27 heavy (non-hydrogen) atoms. The molecule has 0 radical (unpaired) electrons. The quantitative estimate of drug-likeness (QED) is 0.564. The zero-order chi connectivity index (χ0) is 20.4. The van der Waals surface area contributed by atoms with Crippen LogP contribution in [-0.2, 0) is 4.74 Å². The fraction of sp³-hybridized carbons (Fsp3) is 0.650. The maximum Gasteiger partial charge on any atom is 0.355 e. The van der Waals surface area contributed by atoms with E-state index in [4.69, 9.17) is 4.74 Å². The van der Waals surface area contributed by atoms with Gasteiger partial charge in [0.2, 0.25) is 0 Å². The molecule has 0 aliphatic heterocycles. The summed E-state index contributed by atoms with van der Waals surface area (Å²) in [7, 11) is 0. The maximum absolute atomic E-state index is 13.0. The number of amides is 2. The lowest BCUT2D eigenvalue weighted by atomic mass is 10.0. The molecule has 2 rings (SSSR count). The molecular weight excluding hydrogens is 346 g/mol. The smallest absolute Gasteiger partial charge is 0.355 e. The van der Waals surface area contributed by atoms with Crippen LogP contribution >= 0.6 is 0 Å². The summed E-state index contributed by atoms with van der Waals surface area (Å²) in [4.78, 5) is 42.2. The van der Waals surface area contributed by atoms with E-state index in [0.717, 1.165) is 12.8 Å². The fourth-order valence-electron chi connectivity index (χ4n) is 3.06. The van der Waals surface area contributed by atoms with Crippen LogP contribution in [0.25, 0.3) is 0 Å². The van der Waals surface area contributed by atoms with E-state index in [-0.39, 0.29) is 30.5 Å². The van der Waals surface area contributed by atoms with Gasteiger partial charge in [-0.05, 0) is 65.9 Å². The SMILES string of the molecule is CCOC(=O)c1[nH]c(C)c(C(=O)CN(CC2CC2)C(=O)NC(C)(C)C)c1C. The van der Waals surface area contributed by atoms with Gasteiger partial charge in [-0.2, -0.15) is 0 Å². The number of carbonyl (C=O) groups is 3. The molecule has 1 aromatic heterocycles. The van der Waals surface area contributed by atoms with Crippen LogP contribution in [0, 0.1) is 19.8 Å². The van der Waals surface area contributed by atoms with Crippen LogP contribution in [0.2, 0.25) is 0 Å². The number of hydrogen-bond acceptors (Lipinski definition) is 4. The average molecular weight is 377 g/mol. The van der Waals surface area contributed by atoms with E-state index >= 15 is 0 Å². The van der Waals surface area contributed by atoms with Gasteiger partial charge in [0.15, 0.2) is 5.78 Å². The molecule has 0 saturated heterocycles. The second kappa shape index (κ2) is 8.15. The van der Waals surface area contributed by atoms with Gasteiger partial charge in [0, 0.05) is 23.3 Å². The Balaban J connectivity index is 2.19. The first-order valence-corrected chi connectivity index (χ1v) is 9.50. The summed E-state index contributed by atoms with van der Waals surface area (Å²) in [5.41, 5.74) is 1.56. The lowest BCUT2D eigenvalue weighted by molar-refractivity contribution is 0.0519. The van der Waals surface area contributed by atoms with E-state index in [1.54, 1.807) is 25.7 Å². The number of nitrogens with one attached hydrogen (secondary N) is 2. The third kappa shape index (κ3) is 5.58. The summed E-state index contributed by atoms with van der Waals surface area (Å²) >= 11 is 0. The predicted octanol–water partition coefficient (Wildman–Crippen LogP) is 3.21. The van der Waals surface area contributed by atoms with Crippen LogP contribution in [-0.4, -0.2) is 52.9 Å². The molecule has 1 aliphatic carbocycles. The maximum atomic E-state index is 13.0. The van der Waals surface area contributed by atoms with Gasteiger partial charge in [-0.3, -0.25) is 4.79 Å². The molecule has 1 aromatic rings. The molecule has 0 unspecified atom stereocenters. The molecule has 1 saturated carbocycles. The second-order valence-corrected chi connectivity index (χ2v) is 8.27. The van der Waals surface area contributed by atoms with E-state index < -0.39 is 5.97 Å². The van der Waals surface area contributed by atoms with E-state index in [1.807, 2.05) is 20.8 Å². The molecule has 2 amide bonds. The van der Waals surface area contributed by atoms with Gasteiger partial charge in [-0.1, -0.05) is 0 Å². The Morgan fingerprint density at radius 2 is 1.85 bits per heavy atom. The number of nitrogens with zero attached hydrogens (tertiary/aromatic N) is 1. The van der Waals surface area contributed by atoms with Gasteiger partial charge >= 0.3 is 12.0 Å². The number of hydrogen-bond donors (Lipinski definition) is 2. The van der Waals surface area contributed by atoms with Crippen LogP contribution in [0.5, 0.6) is 0 Å². The van der Waals surface area contributed by atoms with E-state index in [2.05, 4.69) is 10.3 Å². The Morgan fingerprint density at radius 1 is 1.22 bits per heavy atom. The largest absolute Gasteiger partial charge is 0.461 e. The van der Waals surface area contributed by atoms with Crippen molar-refractivity contribution < 1.29 is 19.1 Å².